The van der Waals surface area contributed by atoms with Gasteiger partial charge in [0.25, 0.3) is 5.91 Å². The number of carbonyl (C=O) groups is 1. The first-order chi connectivity index (χ1) is 9.06. The van der Waals surface area contributed by atoms with Crippen LogP contribution in [0.15, 0.2) is 36.4 Å². The number of hydrogen-bond donors (Lipinski definition) is 1. The molecule has 1 unspecified atom stereocenters. The number of amides is 1. The van der Waals surface area contributed by atoms with Crippen molar-refractivity contribution in [1.82, 2.24) is 15.5 Å². The zero-order valence-electron chi connectivity index (χ0n) is 10.1. The van der Waals surface area contributed by atoms with Gasteiger partial charge in [0.05, 0.1) is 6.04 Å². The molecule has 1 aromatic heterocycles. The minimum atomic E-state index is -0.388. The minimum absolute atomic E-state index is 0.160. The minimum Gasteiger partial charge on any atom is -0.344 e. The van der Waals surface area contributed by atoms with Crippen molar-refractivity contribution >= 4 is 17.5 Å². The number of benzene rings is 1. The highest BCUT2D eigenvalue weighted by molar-refractivity contribution is 6.29. The fraction of sp³-hybridized carbons (Fsp3) is 0.154. The molecule has 0 aliphatic carbocycles. The van der Waals surface area contributed by atoms with Gasteiger partial charge in [-0.3, -0.25) is 4.79 Å². The van der Waals surface area contributed by atoms with Crippen LogP contribution in [0.25, 0.3) is 0 Å². The predicted molar refractivity (Wildman–Crippen MR) is 69.3 cm³/mol. The van der Waals surface area contributed by atoms with Gasteiger partial charge in [0.1, 0.15) is 5.82 Å². The van der Waals surface area contributed by atoms with Gasteiger partial charge in [-0.25, -0.2) is 4.39 Å². The molecule has 0 bridgehead atoms. The second kappa shape index (κ2) is 5.75. The van der Waals surface area contributed by atoms with Crippen LogP contribution in [0, 0.1) is 5.82 Å². The quantitative estimate of drug-likeness (QED) is 0.940. The number of hydrogen-bond acceptors (Lipinski definition) is 3. The molecule has 2 rings (SSSR count). The lowest BCUT2D eigenvalue weighted by molar-refractivity contribution is 0.0933. The largest absolute Gasteiger partial charge is 0.344 e. The maximum absolute atomic E-state index is 13.1. The summed E-state index contributed by atoms with van der Waals surface area (Å²) >= 11 is 5.59. The van der Waals surface area contributed by atoms with E-state index in [1.54, 1.807) is 19.1 Å². The molecular weight excluding hydrogens is 269 g/mol. The Balaban J connectivity index is 2.08. The summed E-state index contributed by atoms with van der Waals surface area (Å²) in [4.78, 5) is 11.9. The average molecular weight is 280 g/mol. The number of nitrogens with zero attached hydrogens (tertiary/aromatic N) is 2. The SMILES string of the molecule is CC(NC(=O)c1ccc(Cl)nn1)c1cccc(F)c1. The van der Waals surface area contributed by atoms with E-state index in [9.17, 15) is 9.18 Å². The first-order valence-electron chi connectivity index (χ1n) is 5.62. The van der Waals surface area contributed by atoms with Crippen molar-refractivity contribution in [3.63, 3.8) is 0 Å². The van der Waals surface area contributed by atoms with Crippen molar-refractivity contribution in [2.45, 2.75) is 13.0 Å². The molecule has 1 atom stereocenters. The third kappa shape index (κ3) is 3.48. The van der Waals surface area contributed by atoms with Crippen molar-refractivity contribution in [3.05, 3.63) is 58.6 Å². The van der Waals surface area contributed by atoms with Crippen LogP contribution in [0.4, 0.5) is 4.39 Å². The smallest absolute Gasteiger partial charge is 0.272 e. The van der Waals surface area contributed by atoms with E-state index < -0.39 is 0 Å². The molecule has 1 heterocycles. The van der Waals surface area contributed by atoms with Crippen LogP contribution < -0.4 is 5.32 Å². The van der Waals surface area contributed by atoms with Crippen molar-refractivity contribution in [1.29, 1.82) is 0 Å². The number of aromatic nitrogens is 2. The van der Waals surface area contributed by atoms with Gasteiger partial charge in [-0.1, -0.05) is 23.7 Å². The van der Waals surface area contributed by atoms with Crippen LogP contribution >= 0.6 is 11.6 Å². The zero-order chi connectivity index (χ0) is 13.8. The summed E-state index contributed by atoms with van der Waals surface area (Å²) in [6, 6.07) is 8.68. The van der Waals surface area contributed by atoms with E-state index in [0.717, 1.165) is 0 Å². The molecule has 0 fully saturated rings. The lowest BCUT2D eigenvalue weighted by Gasteiger charge is -2.13. The number of carbonyl (C=O) groups excluding carboxylic acids is 1. The summed E-state index contributed by atoms with van der Waals surface area (Å²) in [6.07, 6.45) is 0. The summed E-state index contributed by atoms with van der Waals surface area (Å²) in [5.41, 5.74) is 0.836. The lowest BCUT2D eigenvalue weighted by Crippen LogP contribution is -2.27. The predicted octanol–water partition coefficient (Wildman–Crippen LogP) is 2.76. The second-order valence-corrected chi connectivity index (χ2v) is 4.38. The van der Waals surface area contributed by atoms with Crippen LogP contribution in [0.2, 0.25) is 5.15 Å². The molecule has 0 aliphatic rings. The van der Waals surface area contributed by atoms with Crippen LogP contribution in [0.3, 0.4) is 0 Å². The summed E-state index contributed by atoms with van der Waals surface area (Å²) in [6.45, 7) is 1.76. The first kappa shape index (κ1) is 13.4. The number of nitrogens with one attached hydrogen (secondary N) is 1. The highest BCUT2D eigenvalue weighted by Crippen LogP contribution is 2.14. The van der Waals surface area contributed by atoms with Gasteiger partial charge >= 0.3 is 0 Å². The maximum atomic E-state index is 13.1. The van der Waals surface area contributed by atoms with Crippen molar-refractivity contribution in [3.8, 4) is 0 Å². The molecule has 1 N–H and O–H groups in total. The Morgan fingerprint density at radius 3 is 2.74 bits per heavy atom. The summed E-state index contributed by atoms with van der Waals surface area (Å²) in [5, 5.41) is 10.2. The van der Waals surface area contributed by atoms with Gasteiger partial charge in [0, 0.05) is 0 Å². The van der Waals surface area contributed by atoms with E-state index >= 15 is 0 Å². The Kier molecular flexibility index (Phi) is 4.06. The number of halogens is 2. The molecule has 0 radical (unpaired) electrons. The average Bonchev–Trinajstić information content (AvgIpc) is 2.39. The van der Waals surface area contributed by atoms with Gasteiger partial charge in [-0.15, -0.1) is 10.2 Å². The van der Waals surface area contributed by atoms with E-state index in [-0.39, 0.29) is 28.6 Å². The molecule has 6 heteroatoms. The number of rotatable bonds is 3. The lowest BCUT2D eigenvalue weighted by atomic mass is 10.1. The van der Waals surface area contributed by atoms with Crippen LogP contribution in [-0.4, -0.2) is 16.1 Å². The molecular formula is C13H11ClFN3O. The molecule has 19 heavy (non-hydrogen) atoms. The van der Waals surface area contributed by atoms with Crippen LogP contribution in [0.5, 0.6) is 0 Å². The van der Waals surface area contributed by atoms with Gasteiger partial charge in [-0.05, 0) is 36.8 Å². The fourth-order valence-electron chi connectivity index (χ4n) is 1.57. The molecule has 1 aromatic carbocycles. The van der Waals surface area contributed by atoms with E-state index in [0.29, 0.717) is 5.56 Å². The van der Waals surface area contributed by atoms with Crippen molar-refractivity contribution < 1.29 is 9.18 Å². The molecule has 0 saturated carbocycles. The Hall–Kier alpha value is -2.01. The normalized spacial score (nSPS) is 11.9. The molecule has 0 spiro atoms. The Labute approximate surface area is 114 Å². The summed E-state index contributed by atoms with van der Waals surface area (Å²) < 4.78 is 13.1. The highest BCUT2D eigenvalue weighted by Gasteiger charge is 2.13. The third-order valence-corrected chi connectivity index (χ3v) is 2.76. The highest BCUT2D eigenvalue weighted by atomic mass is 35.5. The molecule has 0 aliphatic heterocycles. The Morgan fingerprint density at radius 1 is 1.32 bits per heavy atom. The van der Waals surface area contributed by atoms with Crippen molar-refractivity contribution in [2.24, 2.45) is 0 Å². The fourth-order valence-corrected chi connectivity index (χ4v) is 1.67. The van der Waals surface area contributed by atoms with E-state index in [4.69, 9.17) is 11.6 Å². The second-order valence-electron chi connectivity index (χ2n) is 3.99. The maximum Gasteiger partial charge on any atom is 0.272 e. The zero-order valence-corrected chi connectivity index (χ0v) is 10.9. The molecule has 4 nitrogen and oxygen atoms in total. The Bertz CT molecular complexity index is 589. The standard InChI is InChI=1S/C13H11ClFN3O/c1-8(9-3-2-4-10(15)7-9)16-13(19)11-5-6-12(14)18-17-11/h2-8H,1H3,(H,16,19). The van der Waals surface area contributed by atoms with Crippen molar-refractivity contribution in [2.75, 3.05) is 0 Å². The van der Waals surface area contributed by atoms with Gasteiger partial charge in [-0.2, -0.15) is 0 Å². The van der Waals surface area contributed by atoms with Gasteiger partial charge < -0.3 is 5.32 Å². The monoisotopic (exact) mass is 279 g/mol. The van der Waals surface area contributed by atoms with Gasteiger partial charge in [0.15, 0.2) is 10.8 Å². The molecule has 2 aromatic rings. The van der Waals surface area contributed by atoms with Crippen LogP contribution in [-0.2, 0) is 0 Å². The summed E-state index contributed by atoms with van der Waals surface area (Å²) in [7, 11) is 0. The molecule has 0 saturated heterocycles. The van der Waals surface area contributed by atoms with E-state index in [1.165, 1.54) is 24.3 Å². The van der Waals surface area contributed by atoms with E-state index in [1.807, 2.05) is 0 Å². The summed E-state index contributed by atoms with van der Waals surface area (Å²) in [5.74, 6) is -0.731. The third-order valence-electron chi connectivity index (χ3n) is 2.56. The molecule has 1 amide bonds. The first-order valence-corrected chi connectivity index (χ1v) is 5.99. The topological polar surface area (TPSA) is 54.9 Å². The van der Waals surface area contributed by atoms with E-state index in [2.05, 4.69) is 15.5 Å². The van der Waals surface area contributed by atoms with Crippen LogP contribution in [0.1, 0.15) is 29.0 Å². The Morgan fingerprint density at radius 2 is 2.11 bits per heavy atom. The molecule has 98 valence electrons. The van der Waals surface area contributed by atoms with Gasteiger partial charge in [0.2, 0.25) is 0 Å².